The quantitative estimate of drug-likeness (QED) is 0.0347. The van der Waals surface area contributed by atoms with Crippen LogP contribution >= 0.6 is 0 Å². The number of hydrogen-bond acceptors (Lipinski definition) is 9. The first kappa shape index (κ1) is 46.6. The highest BCUT2D eigenvalue weighted by Crippen LogP contribution is 2.10. The van der Waals surface area contributed by atoms with Crippen LogP contribution < -0.4 is 48.7 Å². The van der Waals surface area contributed by atoms with Gasteiger partial charge in [-0.3, -0.25) is 34.2 Å². The van der Waals surface area contributed by atoms with E-state index in [9.17, 15) is 28.8 Å². The third-order valence-corrected chi connectivity index (χ3v) is 8.82. The van der Waals surface area contributed by atoms with E-state index in [-0.39, 0.29) is 50.0 Å². The Morgan fingerprint density at radius 2 is 1.34 bits per heavy atom. The summed E-state index contributed by atoms with van der Waals surface area (Å²) in [5.41, 5.74) is 12.4. The Labute approximate surface area is 329 Å². The zero-order chi connectivity index (χ0) is 41.6. The van der Waals surface area contributed by atoms with E-state index in [0.29, 0.717) is 37.9 Å². The summed E-state index contributed by atoms with van der Waals surface area (Å²) in [4.78, 5) is 87.9. The van der Waals surface area contributed by atoms with Gasteiger partial charge in [0, 0.05) is 39.1 Å². The molecular weight excluding hydrogens is 720 g/mol. The Kier molecular flexibility index (Phi) is 20.7. The molecule has 0 aliphatic rings. The van der Waals surface area contributed by atoms with Crippen molar-refractivity contribution in [1.82, 2.24) is 47.2 Å². The number of likely N-dealkylation sites (N-methyl/N-ethyl adjacent to an activating group) is 1. The topological polar surface area (TPSA) is 291 Å². The average molecular weight is 783 g/mol. The minimum Gasteiger partial charge on any atom is -0.370 e. The highest BCUT2D eigenvalue weighted by molar-refractivity contribution is 5.96. The maximum absolute atomic E-state index is 14.0. The van der Waals surface area contributed by atoms with Gasteiger partial charge in [-0.1, -0.05) is 58.0 Å². The number of guanidine groups is 1. The summed E-state index contributed by atoms with van der Waals surface area (Å²) >= 11 is 0. The van der Waals surface area contributed by atoms with Crippen molar-refractivity contribution in [2.24, 2.45) is 23.3 Å². The molecule has 1 aromatic carbocycles. The summed E-state index contributed by atoms with van der Waals surface area (Å²) in [6, 6.07) is 3.79. The van der Waals surface area contributed by atoms with Gasteiger partial charge in [-0.15, -0.1) is 0 Å². The number of H-pyrrole nitrogens is 1. The lowest BCUT2D eigenvalue weighted by Crippen LogP contribution is -2.60. The summed E-state index contributed by atoms with van der Waals surface area (Å²) < 4.78 is 0. The third kappa shape index (κ3) is 17.3. The van der Waals surface area contributed by atoms with Gasteiger partial charge in [0.15, 0.2) is 5.96 Å². The number of benzene rings is 1. The number of hydrogen-bond donors (Lipinski definition) is 11. The van der Waals surface area contributed by atoms with E-state index in [1.54, 1.807) is 20.0 Å². The van der Waals surface area contributed by atoms with E-state index in [1.165, 1.54) is 13.4 Å². The Morgan fingerprint density at radius 1 is 0.750 bits per heavy atom. The molecule has 5 atom stereocenters. The summed E-state index contributed by atoms with van der Waals surface area (Å²) in [7, 11) is 1.46. The maximum Gasteiger partial charge on any atom is 0.243 e. The van der Waals surface area contributed by atoms with Crippen LogP contribution in [0.1, 0.15) is 77.5 Å². The summed E-state index contributed by atoms with van der Waals surface area (Å²) in [6.45, 7) is 7.86. The van der Waals surface area contributed by atoms with Gasteiger partial charge in [-0.2, -0.15) is 0 Å². The van der Waals surface area contributed by atoms with Crippen LogP contribution in [0.25, 0.3) is 0 Å². The molecule has 1 unspecified atom stereocenters. The van der Waals surface area contributed by atoms with Crippen LogP contribution in [-0.2, 0) is 41.6 Å². The zero-order valence-corrected chi connectivity index (χ0v) is 33.2. The number of aromatic nitrogens is 2. The zero-order valence-electron chi connectivity index (χ0n) is 33.2. The molecular formula is C38H62N12O6. The van der Waals surface area contributed by atoms with Crippen LogP contribution in [0.4, 0.5) is 0 Å². The number of amides is 6. The van der Waals surface area contributed by atoms with Crippen molar-refractivity contribution in [3.05, 3.63) is 54.1 Å². The molecule has 2 aromatic rings. The summed E-state index contributed by atoms with van der Waals surface area (Å²) in [5.74, 6) is -3.93. The number of unbranched alkanes of at least 4 members (excludes halogenated alkanes) is 1. The fourth-order valence-electron chi connectivity index (χ4n) is 5.83. The number of aromatic amines is 1. The van der Waals surface area contributed by atoms with Gasteiger partial charge < -0.3 is 53.7 Å². The molecule has 0 saturated carbocycles. The Hall–Kier alpha value is -5.52. The minimum atomic E-state index is -1.19. The van der Waals surface area contributed by atoms with Crippen molar-refractivity contribution in [3.8, 4) is 0 Å². The van der Waals surface area contributed by atoms with E-state index in [2.05, 4.69) is 47.2 Å². The molecule has 18 heteroatoms. The van der Waals surface area contributed by atoms with E-state index < -0.39 is 65.7 Å². The van der Waals surface area contributed by atoms with Gasteiger partial charge >= 0.3 is 0 Å². The normalized spacial score (nSPS) is 13.7. The number of rotatable bonds is 25. The molecule has 0 radical (unpaired) electrons. The molecule has 56 heavy (non-hydrogen) atoms. The van der Waals surface area contributed by atoms with Crippen molar-refractivity contribution in [1.29, 1.82) is 5.41 Å². The molecule has 310 valence electrons. The van der Waals surface area contributed by atoms with Crippen molar-refractivity contribution in [2.75, 3.05) is 20.1 Å². The number of carbonyl (C=O) groups excluding carboxylic acids is 6. The Bertz CT molecular complexity index is 1550. The van der Waals surface area contributed by atoms with Crippen LogP contribution in [0, 0.1) is 17.2 Å². The highest BCUT2D eigenvalue weighted by atomic mass is 16.2. The van der Waals surface area contributed by atoms with Gasteiger partial charge in [0.2, 0.25) is 35.4 Å². The van der Waals surface area contributed by atoms with Gasteiger partial charge in [0.1, 0.15) is 30.2 Å². The standard InChI is InChI=1S/C38H62N12O6/c1-23(2)18-31(51)46-27(14-9-10-16-39)34(53)47-28(15-11-17-44-38(40)41)35(54)50-32(24(3)4)37(56)49-30(20-26-21-43-22-45-26)36(55)48-29(33(52)42-5)19-25-12-7-6-8-13-25/h6-8,12-13,21-24,27-30,32H,9-11,14-20,39H2,1-5H3,(H,42,52)(H,43,45)(H,46,51)(H,47,53)(H,48,55)(H,49,56)(H,50,54)(H4,40,41,44)/t27-,28-,29-,30-,32?/m0/s1. The third-order valence-electron chi connectivity index (χ3n) is 8.82. The van der Waals surface area contributed by atoms with Gasteiger partial charge in [-0.25, -0.2) is 4.98 Å². The van der Waals surface area contributed by atoms with Crippen LogP contribution in [-0.4, -0.2) is 102 Å². The van der Waals surface area contributed by atoms with Crippen molar-refractivity contribution >= 4 is 41.4 Å². The predicted octanol–water partition coefficient (Wildman–Crippen LogP) is -0.541. The van der Waals surface area contributed by atoms with Gasteiger partial charge in [0.25, 0.3) is 0 Å². The van der Waals surface area contributed by atoms with Gasteiger partial charge in [0.05, 0.1) is 12.0 Å². The van der Waals surface area contributed by atoms with E-state index >= 15 is 0 Å². The number of carbonyl (C=O) groups is 6. The smallest absolute Gasteiger partial charge is 0.243 e. The summed E-state index contributed by atoms with van der Waals surface area (Å²) in [6.07, 6.45) is 5.32. The first-order valence-corrected chi connectivity index (χ1v) is 19.2. The highest BCUT2D eigenvalue weighted by Gasteiger charge is 2.34. The molecule has 1 heterocycles. The number of imidazole rings is 1. The van der Waals surface area contributed by atoms with Crippen molar-refractivity contribution in [2.45, 2.75) is 109 Å². The Balaban J connectivity index is 2.32. The summed E-state index contributed by atoms with van der Waals surface area (Å²) in [5, 5.41) is 26.5. The predicted molar refractivity (Wildman–Crippen MR) is 213 cm³/mol. The fourth-order valence-corrected chi connectivity index (χ4v) is 5.83. The van der Waals surface area contributed by atoms with E-state index in [1.807, 2.05) is 44.2 Å². The molecule has 0 spiro atoms. The molecule has 2 rings (SSSR count). The molecule has 0 saturated heterocycles. The first-order valence-electron chi connectivity index (χ1n) is 19.2. The maximum atomic E-state index is 14.0. The molecule has 0 aliphatic heterocycles. The lowest BCUT2D eigenvalue weighted by molar-refractivity contribution is -0.136. The number of nitrogens with zero attached hydrogens (tertiary/aromatic N) is 1. The molecule has 13 N–H and O–H groups in total. The van der Waals surface area contributed by atoms with E-state index in [4.69, 9.17) is 16.9 Å². The van der Waals surface area contributed by atoms with Crippen LogP contribution in [0.3, 0.4) is 0 Å². The largest absolute Gasteiger partial charge is 0.370 e. The second kappa shape index (κ2) is 24.8. The molecule has 1 aromatic heterocycles. The lowest BCUT2D eigenvalue weighted by Gasteiger charge is -2.28. The van der Waals surface area contributed by atoms with E-state index in [0.717, 1.165) is 5.56 Å². The van der Waals surface area contributed by atoms with Crippen LogP contribution in [0.15, 0.2) is 42.9 Å². The molecule has 0 aliphatic carbocycles. The Morgan fingerprint density at radius 3 is 1.93 bits per heavy atom. The fraction of sp³-hybridized carbons (Fsp3) is 0.579. The average Bonchev–Trinajstić information content (AvgIpc) is 3.66. The van der Waals surface area contributed by atoms with Crippen molar-refractivity contribution in [3.63, 3.8) is 0 Å². The SMILES string of the molecule is CNC(=O)[C@H](Cc1ccccc1)NC(=O)[C@H](Cc1c[nH]cn1)NC(=O)C(NC(=O)[C@H](CCCNC(=N)N)NC(=O)[C@H](CCCCN)NC(=O)CC(C)C)C(C)C. The second-order valence-electron chi connectivity index (χ2n) is 14.5. The van der Waals surface area contributed by atoms with Crippen LogP contribution in [0.2, 0.25) is 0 Å². The molecule has 0 bridgehead atoms. The molecule has 0 fully saturated rings. The van der Waals surface area contributed by atoms with Crippen LogP contribution in [0.5, 0.6) is 0 Å². The lowest BCUT2D eigenvalue weighted by atomic mass is 10.00. The minimum absolute atomic E-state index is 0.0262. The van der Waals surface area contributed by atoms with Crippen molar-refractivity contribution < 1.29 is 28.8 Å². The van der Waals surface area contributed by atoms with Gasteiger partial charge in [-0.05, 0) is 56.0 Å². The molecule has 18 nitrogen and oxygen atoms in total. The number of nitrogens with two attached hydrogens (primary N) is 2. The number of nitrogens with one attached hydrogen (secondary N) is 9. The monoisotopic (exact) mass is 782 g/mol. The first-order chi connectivity index (χ1) is 26.6. The molecule has 6 amide bonds. The second-order valence-corrected chi connectivity index (χ2v) is 14.5.